The number of nitrogens with one attached hydrogen (secondary N) is 7. The number of nitrogens with zero attached hydrogens (tertiary/aromatic N) is 5. The van der Waals surface area contributed by atoms with Crippen LogP contribution < -0.4 is 48.3 Å². The van der Waals surface area contributed by atoms with Gasteiger partial charge in [0.1, 0.15) is 60.4 Å². The molecule has 3 amide bonds. The minimum Gasteiger partial charge on any atom is -0.507 e. The number of hydrogen-bond donors (Lipinski definition) is 16. The highest BCUT2D eigenvalue weighted by Crippen LogP contribution is 2.50. The number of Topliss-reactive ketones (excluding diaryl/α,β-unsaturated/α-hetero) is 3. The van der Waals surface area contributed by atoms with Gasteiger partial charge >= 0.3 is 17.7 Å². The van der Waals surface area contributed by atoms with Gasteiger partial charge in [0.05, 0.1) is 112 Å². The number of nitro groups is 1. The van der Waals surface area contributed by atoms with Gasteiger partial charge in [-0.25, -0.2) is 19.6 Å². The predicted octanol–water partition coefficient (Wildman–Crippen LogP) is 0.746. The number of carbonyl (C=O) groups is 7. The molecular weight excluding hydrogens is 1480 g/mol. The van der Waals surface area contributed by atoms with E-state index in [0.29, 0.717) is 17.1 Å². The number of allylic oxidation sites excluding steroid dienone is 4. The first-order valence-electron chi connectivity index (χ1n) is 35.6. The van der Waals surface area contributed by atoms with E-state index in [0.717, 1.165) is 12.1 Å². The largest absolute Gasteiger partial charge is 0.507 e. The first kappa shape index (κ1) is 83.3. The van der Waals surface area contributed by atoms with E-state index in [1.54, 1.807) is 30.3 Å². The number of hydrogen-bond acceptors (Lipinski definition) is 34. The Morgan fingerprint density at radius 2 is 1.65 bits per heavy atom. The van der Waals surface area contributed by atoms with E-state index in [4.69, 9.17) is 48.4 Å². The number of carboxylic acids is 1. The van der Waals surface area contributed by atoms with Crippen LogP contribution in [0.5, 0.6) is 17.2 Å². The van der Waals surface area contributed by atoms with Gasteiger partial charge in [-0.2, -0.15) is 4.98 Å². The highest BCUT2D eigenvalue weighted by molar-refractivity contribution is 6.20. The molecule has 5 aromatic rings. The summed E-state index contributed by atoms with van der Waals surface area (Å²) in [6.45, 7) is 5.27. The number of aliphatic hydroxyl groups excluding tert-OH is 5. The summed E-state index contributed by atoms with van der Waals surface area (Å²) in [6.07, 6.45) is -8.35. The second-order valence-electron chi connectivity index (χ2n) is 26.5. The van der Waals surface area contributed by atoms with Crippen LogP contribution in [-0.4, -0.2) is 240 Å². The zero-order valence-corrected chi connectivity index (χ0v) is 60.6. The third kappa shape index (κ3) is 21.1. The fourth-order valence-corrected chi connectivity index (χ4v) is 13.0. The fourth-order valence-electron chi connectivity index (χ4n) is 13.0. The number of aromatic amines is 1. The Morgan fingerprint density at radius 1 is 0.911 bits per heavy atom. The molecule has 112 heavy (non-hydrogen) atoms. The number of aromatic nitrogens is 4. The first-order valence-corrected chi connectivity index (χ1v) is 35.6. The monoisotopic (exact) mass is 1570 g/mol. The number of hydrazine groups is 2. The number of amides is 3. The topological polar surface area (TPSA) is 581 Å². The molecule has 3 aliphatic heterocycles. The Kier molecular flexibility index (Phi) is 28.8. The summed E-state index contributed by atoms with van der Waals surface area (Å²) in [5, 5.41) is 110. The average molecular weight is 1570 g/mol. The van der Waals surface area contributed by atoms with Gasteiger partial charge in [0.15, 0.2) is 34.8 Å². The summed E-state index contributed by atoms with van der Waals surface area (Å²) in [5.74, 6) is -7.84. The zero-order chi connectivity index (χ0) is 80.4. The summed E-state index contributed by atoms with van der Waals surface area (Å²) in [6, 6.07) is 7.48. The van der Waals surface area contributed by atoms with Crippen LogP contribution in [0.4, 0.5) is 22.1 Å². The number of nitro benzene ring substituents is 1. The molecule has 2 saturated heterocycles. The Labute approximate surface area is 637 Å². The number of rotatable bonds is 35. The van der Waals surface area contributed by atoms with Crippen molar-refractivity contribution < 1.29 is 122 Å². The molecule has 5 heterocycles. The Hall–Kier alpha value is -11.1. The number of nitrogen functional groups attached to an aromatic ring is 1. The lowest BCUT2D eigenvalue weighted by Crippen LogP contribution is -2.60. The lowest BCUT2D eigenvalue weighted by Gasteiger charge is -2.39. The molecule has 0 radical (unpaired) electrons. The SMILES string of the molecule is C=C1C(=O)c2c(O)c3c(c(O)c2C(=O)C/C=C\C=C1OC)CC(C(=O)CO)C[C@@H]3OC1CC(NC(=O)O[C@@H](CC2=CN(CCOCCOCCOCCNC(=O)CC[C@H](NC(=O)c3ccc(NCc4cnc5nc(N)[nH]c(=O)c5n4)cc3)C(=O)O)NN2)c2ccc(O[C@@H]3OC(CO)[C@H](O)C(O)[C@@H]3O)c([N+](=O)[O-])c2)CC(C)O1. The van der Waals surface area contributed by atoms with E-state index in [1.807, 2.05) is 0 Å². The molecular formula is C72H87N13O27. The molecule has 17 N–H and O–H groups in total. The maximum Gasteiger partial charge on any atom is 0.407 e. The Morgan fingerprint density at radius 3 is 2.37 bits per heavy atom. The number of aromatic hydroxyl groups is 2. The van der Waals surface area contributed by atoms with Crippen molar-refractivity contribution in [3.8, 4) is 17.2 Å². The van der Waals surface area contributed by atoms with Gasteiger partial charge in [0.2, 0.25) is 23.9 Å². The van der Waals surface area contributed by atoms with E-state index in [2.05, 4.69) is 58.7 Å². The number of anilines is 2. The van der Waals surface area contributed by atoms with Crippen LogP contribution in [0.2, 0.25) is 0 Å². The van der Waals surface area contributed by atoms with Gasteiger partial charge in [-0.3, -0.25) is 48.9 Å². The van der Waals surface area contributed by atoms with Gasteiger partial charge < -0.3 is 116 Å². The lowest BCUT2D eigenvalue weighted by atomic mass is 9.75. The molecule has 602 valence electrons. The molecule has 10 rings (SSSR count). The van der Waals surface area contributed by atoms with Crippen molar-refractivity contribution in [2.24, 2.45) is 5.92 Å². The van der Waals surface area contributed by atoms with E-state index in [-0.39, 0.29) is 161 Å². The number of aliphatic carboxylic acids is 1. The molecule has 6 unspecified atom stereocenters. The number of benzene rings is 3. The molecule has 5 aliphatic rings. The Balaban J connectivity index is 0.694. The van der Waals surface area contributed by atoms with Gasteiger partial charge in [0.25, 0.3) is 11.5 Å². The van der Waals surface area contributed by atoms with Crippen LogP contribution in [0, 0.1) is 16.0 Å². The summed E-state index contributed by atoms with van der Waals surface area (Å²) < 4.78 is 52.2. The number of nitrogens with two attached hydrogens (primary N) is 1. The normalized spacial score (nSPS) is 22.5. The van der Waals surface area contributed by atoms with Crippen LogP contribution in [0.1, 0.15) is 118 Å². The standard InChI is InChI=1S/C72H87N13O27/c1-35-24-41(29-55(108-35)109-52-27-39(48(89)33-86)25-44-56(52)63(94)58-57(61(44)92)47(88)6-4-5-7-49(104-3)36(2)60(58)91)78-72(101)112-51(38-10-14-50(46(26-38)85(102)103)110-70-65(96)64(95)62(93)53(34-87)111-70)28-42-32-84(83-82-42)17-19-106-21-23-107-22-20-105-18-16-74-54(90)15-13-45(69(99)100)79-67(97)37-8-11-40(12-9-37)75-30-43-31-76-66-59(77-43)68(98)81-71(73)80-66/h4-5,7-12,14,26,31-32,35,39,41,45,51-53,55,62,64-65,70,75,82-83,86-87,92-96H,2,6,13,15-25,27-30,33-34H2,1,3H3,(H,74,90)(H,78,101)(H,79,97)(H,99,100)(H3,73,76,80,81,98)/b5-4-,49-7?/t35?,39?,41?,45-,51-,52-,53?,55?,62-,64?,65-,70+/m0/s1. The summed E-state index contributed by atoms with van der Waals surface area (Å²) in [4.78, 5) is 132. The second-order valence-corrected chi connectivity index (χ2v) is 26.5. The van der Waals surface area contributed by atoms with Crippen LogP contribution in [0.3, 0.4) is 0 Å². The van der Waals surface area contributed by atoms with Crippen molar-refractivity contribution in [1.29, 1.82) is 0 Å². The minimum absolute atomic E-state index is 0.00149. The number of methoxy groups -OCH3 is 1. The number of aliphatic hydroxyl groups is 5. The summed E-state index contributed by atoms with van der Waals surface area (Å²) in [5.41, 5.74) is 10.4. The van der Waals surface area contributed by atoms with Crippen molar-refractivity contribution in [2.45, 2.75) is 132 Å². The summed E-state index contributed by atoms with van der Waals surface area (Å²) >= 11 is 0. The van der Waals surface area contributed by atoms with Gasteiger partial charge in [-0.15, -0.1) is 5.53 Å². The number of ether oxygens (including phenoxy) is 9. The highest BCUT2D eigenvalue weighted by atomic mass is 16.7. The number of fused-ring (bicyclic) bond motifs is 3. The number of carboxylic acid groups (broad SMARTS) is 1. The number of carbonyl (C=O) groups excluding carboxylic acids is 6. The predicted molar refractivity (Wildman–Crippen MR) is 387 cm³/mol. The van der Waals surface area contributed by atoms with Crippen LogP contribution in [-0.2, 0) is 65.2 Å². The van der Waals surface area contributed by atoms with Gasteiger partial charge in [0, 0.05) is 84.5 Å². The fraction of sp³-hybridized carbons (Fsp3) is 0.458. The van der Waals surface area contributed by atoms with Crippen molar-refractivity contribution in [3.05, 3.63) is 156 Å². The van der Waals surface area contributed by atoms with Crippen molar-refractivity contribution >= 4 is 69.7 Å². The zero-order valence-electron chi connectivity index (χ0n) is 60.6. The first-order chi connectivity index (χ1) is 53.7. The Bertz CT molecular complexity index is 4460. The van der Waals surface area contributed by atoms with E-state index >= 15 is 0 Å². The lowest BCUT2D eigenvalue weighted by molar-refractivity contribution is -0.387. The number of alkyl carbamates (subject to hydrolysis) is 1. The molecule has 2 fully saturated rings. The molecule has 0 bridgehead atoms. The number of H-pyrrole nitrogens is 1. The van der Waals surface area contributed by atoms with E-state index in [9.17, 15) is 89.3 Å². The molecule has 40 heteroatoms. The second kappa shape index (κ2) is 38.7. The van der Waals surface area contributed by atoms with Gasteiger partial charge in [-0.05, 0) is 74.6 Å². The number of phenols is 2. The molecule has 2 aromatic heterocycles. The maximum absolute atomic E-state index is 14.3. The number of ketones is 3. The number of phenolic OH excluding ortho intramolecular Hbond substituents is 2. The van der Waals surface area contributed by atoms with Crippen LogP contribution in [0.15, 0.2) is 101 Å². The summed E-state index contributed by atoms with van der Waals surface area (Å²) in [7, 11) is 1.29. The van der Waals surface area contributed by atoms with Crippen molar-refractivity contribution in [2.75, 3.05) is 84.1 Å². The van der Waals surface area contributed by atoms with Gasteiger partial charge in [-0.1, -0.05) is 24.8 Å². The van der Waals surface area contributed by atoms with Crippen molar-refractivity contribution in [1.82, 2.24) is 51.9 Å². The average Bonchev–Trinajstić information content (AvgIpc) is 0.939. The third-order valence-corrected chi connectivity index (χ3v) is 18.7. The van der Waals surface area contributed by atoms with E-state index < -0.39 is 172 Å². The quantitative estimate of drug-likeness (QED) is 0.00875. The van der Waals surface area contributed by atoms with Crippen LogP contribution in [0.25, 0.3) is 11.2 Å². The van der Waals surface area contributed by atoms with E-state index in [1.165, 1.54) is 49.7 Å². The minimum atomic E-state index is -1.93. The van der Waals surface area contributed by atoms with Crippen molar-refractivity contribution in [3.63, 3.8) is 0 Å². The molecule has 40 nitrogen and oxygen atoms in total. The molecule has 0 spiro atoms. The third-order valence-electron chi connectivity index (χ3n) is 18.7. The molecule has 2 aliphatic carbocycles. The molecule has 3 aromatic carbocycles. The molecule has 12 atom stereocenters. The molecule has 0 saturated carbocycles. The smallest absolute Gasteiger partial charge is 0.407 e. The maximum atomic E-state index is 14.3. The highest BCUT2D eigenvalue weighted by Gasteiger charge is 2.47. The van der Waals surface area contributed by atoms with Crippen LogP contribution >= 0.6 is 0 Å².